The Hall–Kier alpha value is -1.96. The van der Waals surface area contributed by atoms with E-state index in [-0.39, 0.29) is 21.4 Å². The highest BCUT2D eigenvalue weighted by Crippen LogP contribution is 2.24. The Bertz CT molecular complexity index is 824. The lowest BCUT2D eigenvalue weighted by Crippen LogP contribution is -2.27. The molecular formula is C16H18ClN3O3S. The molecule has 0 spiro atoms. The molecule has 0 saturated carbocycles. The molecule has 6 nitrogen and oxygen atoms in total. The lowest BCUT2D eigenvalue weighted by molar-refractivity contribution is 0.0954. The van der Waals surface area contributed by atoms with Crippen molar-refractivity contribution in [1.82, 2.24) is 14.6 Å². The van der Waals surface area contributed by atoms with Crippen LogP contribution in [0.2, 0.25) is 5.02 Å². The summed E-state index contributed by atoms with van der Waals surface area (Å²) >= 11 is 5.97. The van der Waals surface area contributed by atoms with Crippen LogP contribution in [0.5, 0.6) is 0 Å². The molecule has 2 aromatic rings. The van der Waals surface area contributed by atoms with Gasteiger partial charge in [0.2, 0.25) is 10.0 Å². The summed E-state index contributed by atoms with van der Waals surface area (Å²) in [6.45, 7) is 0.397. The van der Waals surface area contributed by atoms with Crippen molar-refractivity contribution in [2.24, 2.45) is 0 Å². The Morgan fingerprint density at radius 3 is 2.62 bits per heavy atom. The zero-order valence-electron chi connectivity index (χ0n) is 13.4. The van der Waals surface area contributed by atoms with Gasteiger partial charge in [0.15, 0.2) is 0 Å². The van der Waals surface area contributed by atoms with E-state index in [9.17, 15) is 13.2 Å². The molecule has 1 N–H and O–H groups in total. The van der Waals surface area contributed by atoms with Crippen molar-refractivity contribution in [2.45, 2.75) is 11.3 Å². The minimum atomic E-state index is -3.72. The predicted octanol–water partition coefficient (Wildman–Crippen LogP) is 1.96. The summed E-state index contributed by atoms with van der Waals surface area (Å²) in [6, 6.07) is 9.76. The molecule has 0 bridgehead atoms. The topological polar surface area (TPSA) is 79.4 Å². The van der Waals surface area contributed by atoms with Crippen molar-refractivity contribution in [2.75, 3.05) is 20.6 Å². The third-order valence-electron chi connectivity index (χ3n) is 3.34. The third-order valence-corrected chi connectivity index (χ3v) is 5.64. The van der Waals surface area contributed by atoms with Crippen LogP contribution in [0.25, 0.3) is 0 Å². The van der Waals surface area contributed by atoms with Crippen LogP contribution >= 0.6 is 11.6 Å². The lowest BCUT2D eigenvalue weighted by atomic mass is 10.2. The summed E-state index contributed by atoms with van der Waals surface area (Å²) in [4.78, 5) is 16.3. The third kappa shape index (κ3) is 4.31. The van der Waals surface area contributed by atoms with Crippen LogP contribution < -0.4 is 5.32 Å². The van der Waals surface area contributed by atoms with E-state index in [1.54, 1.807) is 6.20 Å². The molecule has 0 aliphatic rings. The first-order valence-electron chi connectivity index (χ1n) is 7.22. The number of pyridine rings is 1. The van der Waals surface area contributed by atoms with Crippen molar-refractivity contribution in [3.63, 3.8) is 0 Å². The van der Waals surface area contributed by atoms with Crippen LogP contribution in [0.1, 0.15) is 16.1 Å². The number of rotatable bonds is 6. The number of halogens is 1. The molecule has 0 aliphatic carbocycles. The van der Waals surface area contributed by atoms with Crippen LogP contribution in [0.15, 0.2) is 47.5 Å². The average Bonchev–Trinajstić information content (AvgIpc) is 2.55. The highest BCUT2D eigenvalue weighted by atomic mass is 35.5. The van der Waals surface area contributed by atoms with Gasteiger partial charge in [-0.15, -0.1) is 0 Å². The maximum atomic E-state index is 12.2. The number of nitrogens with one attached hydrogen (secondary N) is 1. The Morgan fingerprint density at radius 2 is 2.00 bits per heavy atom. The number of hydrogen-bond acceptors (Lipinski definition) is 4. The fourth-order valence-electron chi connectivity index (χ4n) is 1.99. The van der Waals surface area contributed by atoms with Gasteiger partial charge in [-0.2, -0.15) is 0 Å². The first kappa shape index (κ1) is 18.4. The summed E-state index contributed by atoms with van der Waals surface area (Å²) in [6.07, 6.45) is 2.28. The minimum absolute atomic E-state index is 0.0775. The zero-order valence-corrected chi connectivity index (χ0v) is 14.9. The molecule has 8 heteroatoms. The monoisotopic (exact) mass is 367 g/mol. The van der Waals surface area contributed by atoms with E-state index in [0.717, 1.165) is 10.00 Å². The van der Waals surface area contributed by atoms with Gasteiger partial charge >= 0.3 is 0 Å². The number of hydrogen-bond donors (Lipinski definition) is 1. The fraction of sp³-hybridized carbons (Fsp3) is 0.250. The van der Waals surface area contributed by atoms with Crippen molar-refractivity contribution >= 4 is 27.5 Å². The molecule has 24 heavy (non-hydrogen) atoms. The average molecular weight is 368 g/mol. The van der Waals surface area contributed by atoms with E-state index in [1.165, 1.54) is 32.3 Å². The van der Waals surface area contributed by atoms with Gasteiger partial charge in [-0.25, -0.2) is 12.7 Å². The van der Waals surface area contributed by atoms with Crippen molar-refractivity contribution in [3.05, 3.63) is 58.9 Å². The molecule has 0 unspecified atom stereocenters. The maximum absolute atomic E-state index is 12.2. The van der Waals surface area contributed by atoms with Gasteiger partial charge in [-0.05, 0) is 30.3 Å². The van der Waals surface area contributed by atoms with Crippen molar-refractivity contribution in [3.8, 4) is 0 Å². The number of nitrogens with zero attached hydrogens (tertiary/aromatic N) is 2. The van der Waals surface area contributed by atoms with Gasteiger partial charge in [0.25, 0.3) is 5.91 Å². The van der Waals surface area contributed by atoms with E-state index in [2.05, 4.69) is 10.3 Å². The van der Waals surface area contributed by atoms with Gasteiger partial charge in [-0.3, -0.25) is 9.78 Å². The molecule has 128 valence electrons. The molecule has 1 amide bonds. The van der Waals surface area contributed by atoms with Crippen molar-refractivity contribution < 1.29 is 13.2 Å². The van der Waals surface area contributed by atoms with Gasteiger partial charge in [0.05, 0.1) is 5.02 Å². The Balaban J connectivity index is 2.10. The molecule has 1 aromatic heterocycles. The molecule has 0 aliphatic heterocycles. The Labute approximate surface area is 146 Å². The molecule has 0 radical (unpaired) electrons. The van der Waals surface area contributed by atoms with E-state index in [0.29, 0.717) is 13.0 Å². The van der Waals surface area contributed by atoms with Gasteiger partial charge in [0, 0.05) is 44.5 Å². The van der Waals surface area contributed by atoms with Crippen LogP contribution in [0.4, 0.5) is 0 Å². The van der Waals surface area contributed by atoms with E-state index < -0.39 is 10.0 Å². The summed E-state index contributed by atoms with van der Waals surface area (Å²) in [5, 5.41) is 2.82. The van der Waals surface area contributed by atoms with Crippen LogP contribution in [-0.4, -0.2) is 44.3 Å². The van der Waals surface area contributed by atoms with Crippen LogP contribution in [0, 0.1) is 0 Å². The molecule has 1 aromatic carbocycles. The number of aromatic nitrogens is 1. The first-order valence-corrected chi connectivity index (χ1v) is 9.04. The molecule has 0 saturated heterocycles. The number of sulfonamides is 1. The standard InChI is InChI=1S/C16H18ClN3O3S/c1-20(2)24(22,23)15-11-12(6-7-14(15)17)16(21)19-10-8-13-5-3-4-9-18-13/h3-7,9,11H,8,10H2,1-2H3,(H,19,21). The second kappa shape index (κ2) is 7.74. The largest absolute Gasteiger partial charge is 0.352 e. The smallest absolute Gasteiger partial charge is 0.251 e. The summed E-state index contributed by atoms with van der Waals surface area (Å²) < 4.78 is 25.5. The number of carbonyl (C=O) groups excluding carboxylic acids is 1. The molecular weight excluding hydrogens is 350 g/mol. The number of carbonyl (C=O) groups is 1. The quantitative estimate of drug-likeness (QED) is 0.846. The zero-order chi connectivity index (χ0) is 17.7. The van der Waals surface area contributed by atoms with Crippen LogP contribution in [0.3, 0.4) is 0 Å². The van der Waals surface area contributed by atoms with Gasteiger partial charge in [-0.1, -0.05) is 17.7 Å². The molecule has 0 atom stereocenters. The van der Waals surface area contributed by atoms with E-state index in [4.69, 9.17) is 11.6 Å². The number of amides is 1. The summed E-state index contributed by atoms with van der Waals surface area (Å²) in [7, 11) is -0.900. The van der Waals surface area contributed by atoms with Crippen molar-refractivity contribution in [1.29, 1.82) is 0 Å². The second-order valence-corrected chi connectivity index (χ2v) is 7.79. The number of benzene rings is 1. The molecule has 1 heterocycles. The SMILES string of the molecule is CN(C)S(=O)(=O)c1cc(C(=O)NCCc2ccccn2)ccc1Cl. The van der Waals surface area contributed by atoms with Gasteiger partial charge < -0.3 is 5.32 Å². The summed E-state index contributed by atoms with van der Waals surface area (Å²) in [5.74, 6) is -0.363. The summed E-state index contributed by atoms with van der Waals surface area (Å²) in [5.41, 5.74) is 1.10. The van der Waals surface area contributed by atoms with Gasteiger partial charge in [0.1, 0.15) is 4.90 Å². The fourth-order valence-corrected chi connectivity index (χ4v) is 3.38. The Kier molecular flexibility index (Phi) is 5.93. The molecule has 0 fully saturated rings. The highest BCUT2D eigenvalue weighted by molar-refractivity contribution is 7.89. The lowest BCUT2D eigenvalue weighted by Gasteiger charge is -2.14. The normalized spacial score (nSPS) is 11.5. The maximum Gasteiger partial charge on any atom is 0.251 e. The Morgan fingerprint density at radius 1 is 1.25 bits per heavy atom. The van der Waals surface area contributed by atoms with Crippen LogP contribution in [-0.2, 0) is 16.4 Å². The van der Waals surface area contributed by atoms with E-state index in [1.807, 2.05) is 18.2 Å². The second-order valence-electron chi connectivity index (χ2n) is 5.26. The minimum Gasteiger partial charge on any atom is -0.352 e. The molecule has 2 rings (SSSR count). The first-order chi connectivity index (χ1) is 11.3. The van der Waals surface area contributed by atoms with E-state index >= 15 is 0 Å². The predicted molar refractivity (Wildman–Crippen MR) is 92.6 cm³/mol. The highest BCUT2D eigenvalue weighted by Gasteiger charge is 2.22.